The van der Waals surface area contributed by atoms with Crippen LogP contribution in [0.1, 0.15) is 5.56 Å². The average Bonchev–Trinajstić information content (AvgIpc) is 2.57. The fourth-order valence-corrected chi connectivity index (χ4v) is 3.07. The van der Waals surface area contributed by atoms with E-state index in [1.165, 1.54) is 11.8 Å². The van der Waals surface area contributed by atoms with Crippen molar-refractivity contribution in [1.82, 2.24) is 0 Å². The average molecular weight is 352 g/mol. The fourth-order valence-electron chi connectivity index (χ4n) is 1.96. The number of hydrogen-bond donors (Lipinski definition) is 1. The SMILES string of the molecule is COc1ccc(NC(=O)CSCc2ccccc2Cl)c(OC)c1. The molecule has 0 aromatic heterocycles. The summed E-state index contributed by atoms with van der Waals surface area (Å²) in [5.41, 5.74) is 1.64. The van der Waals surface area contributed by atoms with E-state index in [0.717, 1.165) is 10.6 Å². The van der Waals surface area contributed by atoms with Crippen LogP contribution in [0.3, 0.4) is 0 Å². The smallest absolute Gasteiger partial charge is 0.234 e. The molecule has 2 rings (SSSR count). The number of carbonyl (C=O) groups excluding carboxylic acids is 1. The fraction of sp³-hybridized carbons (Fsp3) is 0.235. The van der Waals surface area contributed by atoms with Gasteiger partial charge in [-0.05, 0) is 23.8 Å². The third-order valence-electron chi connectivity index (χ3n) is 3.13. The minimum absolute atomic E-state index is 0.0921. The van der Waals surface area contributed by atoms with Crippen molar-refractivity contribution < 1.29 is 14.3 Å². The van der Waals surface area contributed by atoms with Crippen molar-refractivity contribution in [2.75, 3.05) is 25.3 Å². The molecule has 1 N–H and O–H groups in total. The van der Waals surface area contributed by atoms with Crippen LogP contribution in [0.15, 0.2) is 42.5 Å². The topological polar surface area (TPSA) is 47.6 Å². The maximum Gasteiger partial charge on any atom is 0.234 e. The normalized spacial score (nSPS) is 10.2. The number of carbonyl (C=O) groups is 1. The quantitative estimate of drug-likeness (QED) is 0.811. The number of rotatable bonds is 7. The Morgan fingerprint density at radius 1 is 1.17 bits per heavy atom. The number of nitrogens with one attached hydrogen (secondary N) is 1. The van der Waals surface area contributed by atoms with Gasteiger partial charge in [0.15, 0.2) is 0 Å². The molecule has 2 aromatic rings. The summed E-state index contributed by atoms with van der Waals surface area (Å²) >= 11 is 7.60. The molecule has 4 nitrogen and oxygen atoms in total. The zero-order valence-electron chi connectivity index (χ0n) is 13.0. The second-order valence-electron chi connectivity index (χ2n) is 4.70. The van der Waals surface area contributed by atoms with Gasteiger partial charge in [-0.3, -0.25) is 4.79 Å². The molecule has 0 saturated carbocycles. The van der Waals surface area contributed by atoms with E-state index < -0.39 is 0 Å². The van der Waals surface area contributed by atoms with Gasteiger partial charge in [0, 0.05) is 16.8 Å². The molecule has 0 atom stereocenters. The first-order valence-corrected chi connectivity index (χ1v) is 8.50. The van der Waals surface area contributed by atoms with Gasteiger partial charge >= 0.3 is 0 Å². The molecule has 0 saturated heterocycles. The van der Waals surface area contributed by atoms with Crippen molar-refractivity contribution in [2.45, 2.75) is 5.75 Å². The Bertz CT molecular complexity index is 679. The standard InChI is InChI=1S/C17H18ClNO3S/c1-21-13-7-8-15(16(9-13)22-2)19-17(20)11-23-10-12-5-3-4-6-14(12)18/h3-9H,10-11H2,1-2H3,(H,19,20). The summed E-state index contributed by atoms with van der Waals surface area (Å²) in [5, 5.41) is 3.56. The van der Waals surface area contributed by atoms with Crippen LogP contribution >= 0.6 is 23.4 Å². The van der Waals surface area contributed by atoms with E-state index in [1.807, 2.05) is 24.3 Å². The summed E-state index contributed by atoms with van der Waals surface area (Å²) in [6.07, 6.45) is 0. The molecule has 0 radical (unpaired) electrons. The van der Waals surface area contributed by atoms with Crippen LogP contribution in [0, 0.1) is 0 Å². The lowest BCUT2D eigenvalue weighted by atomic mass is 10.2. The van der Waals surface area contributed by atoms with Crippen LogP contribution in [0.4, 0.5) is 5.69 Å². The Kier molecular flexibility index (Phi) is 6.62. The first kappa shape index (κ1) is 17.5. The predicted molar refractivity (Wildman–Crippen MR) is 95.8 cm³/mol. The number of amides is 1. The molecule has 0 aliphatic heterocycles. The van der Waals surface area contributed by atoms with Crippen LogP contribution in [0.25, 0.3) is 0 Å². The van der Waals surface area contributed by atoms with Gasteiger partial charge in [-0.2, -0.15) is 0 Å². The Morgan fingerprint density at radius 3 is 2.65 bits per heavy atom. The zero-order chi connectivity index (χ0) is 16.7. The van der Waals surface area contributed by atoms with E-state index in [0.29, 0.717) is 28.7 Å². The lowest BCUT2D eigenvalue weighted by molar-refractivity contribution is -0.113. The van der Waals surface area contributed by atoms with Crippen molar-refractivity contribution in [3.63, 3.8) is 0 Å². The van der Waals surface area contributed by atoms with E-state index in [2.05, 4.69) is 5.32 Å². The van der Waals surface area contributed by atoms with Crippen LogP contribution in [0.2, 0.25) is 5.02 Å². The minimum atomic E-state index is -0.0921. The highest BCUT2D eigenvalue weighted by atomic mass is 35.5. The van der Waals surface area contributed by atoms with Gasteiger partial charge in [-0.25, -0.2) is 0 Å². The Balaban J connectivity index is 1.89. The molecule has 6 heteroatoms. The van der Waals surface area contributed by atoms with E-state index in [4.69, 9.17) is 21.1 Å². The highest BCUT2D eigenvalue weighted by Crippen LogP contribution is 2.29. The molecule has 0 aliphatic carbocycles. The Morgan fingerprint density at radius 2 is 1.96 bits per heavy atom. The number of methoxy groups -OCH3 is 2. The summed E-state index contributed by atoms with van der Waals surface area (Å²) in [6.45, 7) is 0. The molecule has 122 valence electrons. The number of benzene rings is 2. The van der Waals surface area contributed by atoms with Crippen LogP contribution in [0.5, 0.6) is 11.5 Å². The maximum atomic E-state index is 12.1. The second kappa shape index (κ2) is 8.70. The number of thioether (sulfide) groups is 1. The summed E-state index contributed by atoms with van der Waals surface area (Å²) in [6, 6.07) is 12.9. The van der Waals surface area contributed by atoms with Gasteiger partial charge in [0.25, 0.3) is 0 Å². The summed E-state index contributed by atoms with van der Waals surface area (Å²) in [4.78, 5) is 12.1. The molecule has 2 aromatic carbocycles. The lowest BCUT2D eigenvalue weighted by Gasteiger charge is -2.11. The first-order valence-electron chi connectivity index (χ1n) is 6.97. The van der Waals surface area contributed by atoms with Crippen LogP contribution in [-0.2, 0) is 10.5 Å². The summed E-state index contributed by atoms with van der Waals surface area (Å²) in [7, 11) is 3.13. The lowest BCUT2D eigenvalue weighted by Crippen LogP contribution is -2.14. The maximum absolute atomic E-state index is 12.1. The molecule has 0 heterocycles. The van der Waals surface area contributed by atoms with E-state index in [1.54, 1.807) is 32.4 Å². The zero-order valence-corrected chi connectivity index (χ0v) is 14.5. The van der Waals surface area contributed by atoms with Crippen LogP contribution in [-0.4, -0.2) is 25.9 Å². The van der Waals surface area contributed by atoms with Gasteiger partial charge in [0.2, 0.25) is 5.91 Å². The van der Waals surface area contributed by atoms with Crippen molar-refractivity contribution in [2.24, 2.45) is 0 Å². The minimum Gasteiger partial charge on any atom is -0.497 e. The molecule has 0 unspecified atom stereocenters. The van der Waals surface area contributed by atoms with Gasteiger partial charge in [0.1, 0.15) is 11.5 Å². The molecule has 0 aliphatic rings. The van der Waals surface area contributed by atoms with E-state index in [-0.39, 0.29) is 5.91 Å². The van der Waals surface area contributed by atoms with Gasteiger partial charge in [-0.15, -0.1) is 11.8 Å². The largest absolute Gasteiger partial charge is 0.497 e. The van der Waals surface area contributed by atoms with Crippen molar-refractivity contribution in [1.29, 1.82) is 0 Å². The van der Waals surface area contributed by atoms with Crippen molar-refractivity contribution >= 4 is 35.0 Å². The summed E-state index contributed by atoms with van der Waals surface area (Å²) in [5.74, 6) is 2.17. The number of halogens is 1. The Hall–Kier alpha value is -1.85. The predicted octanol–water partition coefficient (Wildman–Crippen LogP) is 4.23. The Labute approximate surface area is 145 Å². The molecule has 1 amide bonds. The first-order chi connectivity index (χ1) is 11.1. The molecule has 0 spiro atoms. The van der Waals surface area contributed by atoms with Crippen LogP contribution < -0.4 is 14.8 Å². The number of ether oxygens (including phenoxy) is 2. The third kappa shape index (κ3) is 5.08. The number of anilines is 1. The van der Waals surface area contributed by atoms with Crippen molar-refractivity contribution in [3.8, 4) is 11.5 Å². The second-order valence-corrected chi connectivity index (χ2v) is 6.09. The van der Waals surface area contributed by atoms with E-state index in [9.17, 15) is 4.79 Å². The summed E-state index contributed by atoms with van der Waals surface area (Å²) < 4.78 is 10.4. The molecule has 0 bridgehead atoms. The highest BCUT2D eigenvalue weighted by molar-refractivity contribution is 7.99. The monoisotopic (exact) mass is 351 g/mol. The highest BCUT2D eigenvalue weighted by Gasteiger charge is 2.09. The number of hydrogen-bond acceptors (Lipinski definition) is 4. The molecule has 0 fully saturated rings. The molecule has 23 heavy (non-hydrogen) atoms. The molecular weight excluding hydrogens is 334 g/mol. The molecular formula is C17H18ClNO3S. The third-order valence-corrected chi connectivity index (χ3v) is 4.48. The van der Waals surface area contributed by atoms with Gasteiger partial charge in [0.05, 0.1) is 25.7 Å². The van der Waals surface area contributed by atoms with Gasteiger partial charge < -0.3 is 14.8 Å². The van der Waals surface area contributed by atoms with Gasteiger partial charge in [-0.1, -0.05) is 29.8 Å². The van der Waals surface area contributed by atoms with Crippen molar-refractivity contribution in [3.05, 3.63) is 53.1 Å². The van der Waals surface area contributed by atoms with E-state index >= 15 is 0 Å².